The molecule has 0 saturated carbocycles. The molecule has 0 atom stereocenters. The molecule has 130 valence electrons. The number of halogens is 1. The fourth-order valence-corrected chi connectivity index (χ4v) is 3.70. The van der Waals surface area contributed by atoms with E-state index in [4.69, 9.17) is 11.6 Å². The Morgan fingerprint density at radius 3 is 2.36 bits per heavy atom. The van der Waals surface area contributed by atoms with Crippen LogP contribution in [-0.4, -0.2) is 28.1 Å². The molecule has 1 aromatic heterocycles. The Morgan fingerprint density at radius 2 is 1.68 bits per heavy atom. The lowest BCUT2D eigenvalue weighted by molar-refractivity contribution is 0.762. The van der Waals surface area contributed by atoms with Gasteiger partial charge in [0.15, 0.2) is 0 Å². The minimum Gasteiger partial charge on any atom is -0.370 e. The zero-order valence-corrected chi connectivity index (χ0v) is 15.3. The smallest absolute Gasteiger partial charge is 0.115 e. The molecule has 2 aromatic carbocycles. The van der Waals surface area contributed by atoms with Crippen LogP contribution in [-0.2, 0) is 6.42 Å². The molecule has 1 saturated heterocycles. The molecule has 0 radical (unpaired) electrons. The van der Waals surface area contributed by atoms with E-state index in [9.17, 15) is 0 Å². The molecule has 1 aliphatic rings. The van der Waals surface area contributed by atoms with Gasteiger partial charge in [-0.1, -0.05) is 37.1 Å². The molecule has 0 unspecified atom stereocenters. The second kappa shape index (κ2) is 7.04. The van der Waals surface area contributed by atoms with Gasteiger partial charge in [-0.05, 0) is 55.5 Å². The normalized spacial score (nSPS) is 14.6. The Labute approximate surface area is 153 Å². The van der Waals surface area contributed by atoms with Gasteiger partial charge in [0.05, 0.1) is 16.4 Å². The molecular weight excluding hydrogens is 332 g/mol. The zero-order valence-electron chi connectivity index (χ0n) is 14.6. The number of hydrogen-bond donors (Lipinski definition) is 0. The molecular formula is C20H23ClN4. The summed E-state index contributed by atoms with van der Waals surface area (Å²) in [4.78, 5) is 4.04. The molecule has 4 rings (SSSR count). The number of aromatic nitrogens is 3. The van der Waals surface area contributed by atoms with Crippen LogP contribution in [0.25, 0.3) is 16.7 Å². The minimum absolute atomic E-state index is 0.761. The van der Waals surface area contributed by atoms with E-state index in [1.165, 1.54) is 31.2 Å². The van der Waals surface area contributed by atoms with Crippen LogP contribution in [0.5, 0.6) is 0 Å². The monoisotopic (exact) mass is 354 g/mol. The van der Waals surface area contributed by atoms with Crippen molar-refractivity contribution in [1.82, 2.24) is 15.0 Å². The maximum absolute atomic E-state index is 6.49. The fourth-order valence-electron chi connectivity index (χ4n) is 3.42. The summed E-state index contributed by atoms with van der Waals surface area (Å²) in [7, 11) is 0. The molecule has 4 nitrogen and oxygen atoms in total. The summed E-state index contributed by atoms with van der Waals surface area (Å²) < 4.78 is 0. The maximum Gasteiger partial charge on any atom is 0.115 e. The van der Waals surface area contributed by atoms with E-state index in [0.717, 1.165) is 46.9 Å². The van der Waals surface area contributed by atoms with Crippen molar-refractivity contribution in [2.75, 3.05) is 18.0 Å². The largest absolute Gasteiger partial charge is 0.370 e. The van der Waals surface area contributed by atoms with Gasteiger partial charge in [-0.3, -0.25) is 0 Å². The minimum atomic E-state index is 0.761. The Hall–Kier alpha value is -2.07. The van der Waals surface area contributed by atoms with Gasteiger partial charge >= 0.3 is 0 Å². The topological polar surface area (TPSA) is 34.0 Å². The standard InChI is InChI=1S/C20H23ClN4/c1-2-3-6-15-7-9-16(10-8-15)25-22-18-13-17(21)20(14-19(18)23-25)24-11-4-5-12-24/h7-10,13-14H,2-6,11-12H2,1H3. The molecule has 5 heteroatoms. The Balaban J connectivity index is 1.64. The summed E-state index contributed by atoms with van der Waals surface area (Å²) >= 11 is 6.49. The quantitative estimate of drug-likeness (QED) is 0.645. The molecule has 1 fully saturated rings. The van der Waals surface area contributed by atoms with Crippen molar-refractivity contribution in [1.29, 1.82) is 0 Å². The first-order chi connectivity index (χ1) is 12.2. The number of benzene rings is 2. The molecule has 0 N–H and O–H groups in total. The van der Waals surface area contributed by atoms with Crippen LogP contribution in [0.3, 0.4) is 0 Å². The maximum atomic E-state index is 6.49. The summed E-state index contributed by atoms with van der Waals surface area (Å²) in [5.41, 5.74) is 5.15. The second-order valence-corrected chi connectivity index (χ2v) is 7.15. The van der Waals surface area contributed by atoms with Crippen LogP contribution < -0.4 is 4.90 Å². The fraction of sp³-hybridized carbons (Fsp3) is 0.400. The number of fused-ring (bicyclic) bond motifs is 1. The predicted molar refractivity (Wildman–Crippen MR) is 104 cm³/mol. The highest BCUT2D eigenvalue weighted by Gasteiger charge is 2.17. The van der Waals surface area contributed by atoms with Gasteiger partial charge < -0.3 is 4.90 Å². The lowest BCUT2D eigenvalue weighted by Crippen LogP contribution is -2.17. The van der Waals surface area contributed by atoms with Crippen LogP contribution in [0, 0.1) is 0 Å². The predicted octanol–water partition coefficient (Wildman–Crippen LogP) is 5.02. The van der Waals surface area contributed by atoms with Crippen LogP contribution in [0.1, 0.15) is 38.2 Å². The van der Waals surface area contributed by atoms with Gasteiger partial charge in [-0.15, -0.1) is 10.2 Å². The third-order valence-electron chi connectivity index (χ3n) is 4.88. The first kappa shape index (κ1) is 16.4. The molecule has 0 amide bonds. The van der Waals surface area contributed by atoms with Crippen LogP contribution in [0.15, 0.2) is 36.4 Å². The molecule has 0 aliphatic carbocycles. The van der Waals surface area contributed by atoms with Crippen molar-refractivity contribution in [2.45, 2.75) is 39.0 Å². The van der Waals surface area contributed by atoms with E-state index < -0.39 is 0 Å². The highest BCUT2D eigenvalue weighted by molar-refractivity contribution is 6.34. The van der Waals surface area contributed by atoms with Gasteiger partial charge in [-0.25, -0.2) is 0 Å². The molecule has 0 bridgehead atoms. The summed E-state index contributed by atoms with van der Waals surface area (Å²) in [5, 5.41) is 10.0. The lowest BCUT2D eigenvalue weighted by atomic mass is 10.1. The highest BCUT2D eigenvalue weighted by Crippen LogP contribution is 2.32. The number of unbranched alkanes of at least 4 members (excludes halogenated alkanes) is 1. The van der Waals surface area contributed by atoms with Crippen molar-refractivity contribution in [3.63, 3.8) is 0 Å². The number of rotatable bonds is 5. The average Bonchev–Trinajstić information content (AvgIpc) is 3.29. The zero-order chi connectivity index (χ0) is 17.2. The molecule has 25 heavy (non-hydrogen) atoms. The third-order valence-corrected chi connectivity index (χ3v) is 5.18. The number of anilines is 1. The van der Waals surface area contributed by atoms with Gasteiger partial charge in [0.2, 0.25) is 0 Å². The van der Waals surface area contributed by atoms with Gasteiger partial charge in [-0.2, -0.15) is 4.80 Å². The summed E-state index contributed by atoms with van der Waals surface area (Å²) in [6.45, 7) is 4.35. The SMILES string of the molecule is CCCCc1ccc(-n2nc3cc(Cl)c(N4CCCC4)cc3n2)cc1. The Morgan fingerprint density at radius 1 is 1.00 bits per heavy atom. The van der Waals surface area contributed by atoms with Crippen LogP contribution in [0.2, 0.25) is 5.02 Å². The van der Waals surface area contributed by atoms with E-state index in [-0.39, 0.29) is 0 Å². The highest BCUT2D eigenvalue weighted by atomic mass is 35.5. The average molecular weight is 355 g/mol. The van der Waals surface area contributed by atoms with Crippen molar-refractivity contribution in [3.05, 3.63) is 47.0 Å². The number of nitrogens with zero attached hydrogens (tertiary/aromatic N) is 4. The van der Waals surface area contributed by atoms with E-state index in [1.54, 1.807) is 4.80 Å². The van der Waals surface area contributed by atoms with E-state index in [0.29, 0.717) is 0 Å². The summed E-state index contributed by atoms with van der Waals surface area (Å²) in [5.74, 6) is 0. The first-order valence-electron chi connectivity index (χ1n) is 9.15. The van der Waals surface area contributed by atoms with E-state index >= 15 is 0 Å². The third kappa shape index (κ3) is 3.36. The van der Waals surface area contributed by atoms with Crippen LogP contribution in [0.4, 0.5) is 5.69 Å². The van der Waals surface area contributed by atoms with Crippen molar-refractivity contribution in [2.24, 2.45) is 0 Å². The number of aryl methyl sites for hydroxylation is 1. The van der Waals surface area contributed by atoms with Gasteiger partial charge in [0.1, 0.15) is 11.0 Å². The van der Waals surface area contributed by atoms with Crippen LogP contribution >= 0.6 is 11.6 Å². The van der Waals surface area contributed by atoms with E-state index in [1.807, 2.05) is 6.07 Å². The Kier molecular flexibility index (Phi) is 4.62. The second-order valence-electron chi connectivity index (χ2n) is 6.75. The molecule has 0 spiro atoms. The summed E-state index contributed by atoms with van der Waals surface area (Å²) in [6, 6.07) is 12.5. The lowest BCUT2D eigenvalue weighted by Gasteiger charge is -2.18. The number of hydrogen-bond acceptors (Lipinski definition) is 3. The molecule has 2 heterocycles. The summed E-state index contributed by atoms with van der Waals surface area (Å²) in [6.07, 6.45) is 6.02. The first-order valence-corrected chi connectivity index (χ1v) is 9.53. The Bertz CT molecular complexity index is 863. The van der Waals surface area contributed by atoms with E-state index in [2.05, 4.69) is 52.4 Å². The van der Waals surface area contributed by atoms with Crippen molar-refractivity contribution in [3.8, 4) is 5.69 Å². The molecule has 1 aliphatic heterocycles. The van der Waals surface area contributed by atoms with Crippen molar-refractivity contribution < 1.29 is 0 Å². The molecule has 3 aromatic rings. The van der Waals surface area contributed by atoms with Gasteiger partial charge in [0.25, 0.3) is 0 Å². The van der Waals surface area contributed by atoms with Gasteiger partial charge in [0, 0.05) is 13.1 Å². The van der Waals surface area contributed by atoms with Crippen molar-refractivity contribution >= 4 is 28.3 Å².